The van der Waals surface area contributed by atoms with Crippen LogP contribution in [0.25, 0.3) is 0 Å². The third kappa shape index (κ3) is 3.52. The minimum absolute atomic E-state index is 0.0479. The molecule has 1 aliphatic heterocycles. The van der Waals surface area contributed by atoms with Crippen LogP contribution in [-0.2, 0) is 11.0 Å². The molecule has 1 heterocycles. The Bertz CT molecular complexity index is 504. The third-order valence-corrected chi connectivity index (χ3v) is 4.82. The van der Waals surface area contributed by atoms with E-state index in [-0.39, 0.29) is 16.5 Å². The van der Waals surface area contributed by atoms with Gasteiger partial charge in [0.1, 0.15) is 5.37 Å². The van der Waals surface area contributed by atoms with Crippen LogP contribution in [0.2, 0.25) is 0 Å². The van der Waals surface area contributed by atoms with Crippen LogP contribution in [0.15, 0.2) is 24.3 Å². The summed E-state index contributed by atoms with van der Waals surface area (Å²) in [6.45, 7) is 3.20. The van der Waals surface area contributed by atoms with Gasteiger partial charge in [0, 0.05) is 0 Å². The summed E-state index contributed by atoms with van der Waals surface area (Å²) in [7, 11) is 1.92. The molecule has 21 heavy (non-hydrogen) atoms. The number of nitrogens with zero attached hydrogens (tertiary/aromatic N) is 1. The van der Waals surface area contributed by atoms with E-state index in [2.05, 4.69) is 0 Å². The molecule has 2 rings (SSSR count). The van der Waals surface area contributed by atoms with Crippen molar-refractivity contribution in [2.75, 3.05) is 20.1 Å². The lowest BCUT2D eigenvalue weighted by Crippen LogP contribution is -2.81. The summed E-state index contributed by atoms with van der Waals surface area (Å²) in [5, 5.41) is 1.62. The number of carbonyl (C=O) groups excluding carboxylic acids is 1. The van der Waals surface area contributed by atoms with Crippen molar-refractivity contribution in [3.05, 3.63) is 35.4 Å². The molecule has 116 valence electrons. The molecule has 2 atom stereocenters. The summed E-state index contributed by atoms with van der Waals surface area (Å²) in [5.41, 5.74) is 0.0730. The first-order valence-corrected chi connectivity index (χ1v) is 7.69. The van der Waals surface area contributed by atoms with Crippen LogP contribution in [0.1, 0.15) is 23.4 Å². The molecule has 2 N–H and O–H groups in total. The average molecular weight is 319 g/mol. The van der Waals surface area contributed by atoms with Gasteiger partial charge >= 0.3 is 6.18 Å². The Labute approximate surface area is 125 Å². The Morgan fingerprint density at radius 1 is 1.29 bits per heavy atom. The minimum Gasteiger partial charge on any atom is -0.347 e. The lowest BCUT2D eigenvalue weighted by molar-refractivity contribution is -0.626. The van der Waals surface area contributed by atoms with Crippen molar-refractivity contribution in [3.8, 4) is 0 Å². The van der Waals surface area contributed by atoms with E-state index in [1.807, 2.05) is 19.3 Å². The number of hydrogen-bond acceptors (Lipinski definition) is 2. The lowest BCUT2D eigenvalue weighted by atomic mass is 10.1. The van der Waals surface area contributed by atoms with E-state index in [9.17, 15) is 18.0 Å². The number of thioether (sulfide) groups is 1. The number of amides is 1. The predicted molar refractivity (Wildman–Crippen MR) is 75.7 cm³/mol. The van der Waals surface area contributed by atoms with E-state index in [0.717, 1.165) is 24.2 Å². The fourth-order valence-electron chi connectivity index (χ4n) is 2.26. The normalized spacial score (nSPS) is 22.9. The molecule has 1 fully saturated rings. The van der Waals surface area contributed by atoms with Gasteiger partial charge in [-0.1, -0.05) is 12.1 Å². The number of alkyl halides is 3. The summed E-state index contributed by atoms with van der Waals surface area (Å²) in [5.74, 6) is 0.0479. The third-order valence-electron chi connectivity index (χ3n) is 3.43. The SMILES string of the molecule is C[NH2+]CCN1C(=O)[C@H](C)S[C@@H]1c1ccc(C(F)(F)F)cc1. The van der Waals surface area contributed by atoms with Gasteiger partial charge in [0.05, 0.1) is 31.0 Å². The number of rotatable bonds is 4. The van der Waals surface area contributed by atoms with Crippen molar-refractivity contribution in [2.45, 2.75) is 23.7 Å². The number of carbonyl (C=O) groups is 1. The van der Waals surface area contributed by atoms with Gasteiger partial charge in [0.25, 0.3) is 0 Å². The van der Waals surface area contributed by atoms with Gasteiger partial charge in [0.2, 0.25) is 5.91 Å². The van der Waals surface area contributed by atoms with Crippen LogP contribution in [0, 0.1) is 0 Å². The molecule has 0 aliphatic carbocycles. The van der Waals surface area contributed by atoms with Gasteiger partial charge in [-0.15, -0.1) is 11.8 Å². The minimum atomic E-state index is -4.33. The van der Waals surface area contributed by atoms with Crippen LogP contribution in [0.3, 0.4) is 0 Å². The van der Waals surface area contributed by atoms with Crippen molar-refractivity contribution < 1.29 is 23.3 Å². The topological polar surface area (TPSA) is 36.9 Å². The van der Waals surface area contributed by atoms with Crippen molar-refractivity contribution in [2.24, 2.45) is 0 Å². The molecule has 7 heteroatoms. The first-order chi connectivity index (χ1) is 9.84. The summed E-state index contributed by atoms with van der Waals surface area (Å²) in [6.07, 6.45) is -4.33. The van der Waals surface area contributed by atoms with Crippen molar-refractivity contribution in [1.29, 1.82) is 0 Å². The molecule has 0 radical (unpaired) electrons. The Morgan fingerprint density at radius 2 is 1.90 bits per heavy atom. The van der Waals surface area contributed by atoms with Crippen LogP contribution in [-0.4, -0.2) is 36.2 Å². The first kappa shape index (κ1) is 16.2. The molecule has 0 saturated carbocycles. The van der Waals surface area contributed by atoms with Gasteiger partial charge in [-0.3, -0.25) is 4.79 Å². The zero-order valence-corrected chi connectivity index (χ0v) is 12.7. The highest BCUT2D eigenvalue weighted by molar-refractivity contribution is 8.01. The number of halogens is 3. The Hall–Kier alpha value is -1.21. The summed E-state index contributed by atoms with van der Waals surface area (Å²) in [4.78, 5) is 13.9. The average Bonchev–Trinajstić information content (AvgIpc) is 2.72. The monoisotopic (exact) mass is 319 g/mol. The maximum absolute atomic E-state index is 12.6. The molecule has 0 bridgehead atoms. The number of benzene rings is 1. The molecule has 0 unspecified atom stereocenters. The second kappa shape index (κ2) is 6.27. The van der Waals surface area contributed by atoms with Crippen LogP contribution in [0.4, 0.5) is 13.2 Å². The zero-order chi connectivity index (χ0) is 15.6. The Balaban J connectivity index is 2.21. The molecule has 1 saturated heterocycles. The summed E-state index contributed by atoms with van der Waals surface area (Å²) >= 11 is 1.48. The van der Waals surface area contributed by atoms with Crippen LogP contribution in [0.5, 0.6) is 0 Å². The van der Waals surface area contributed by atoms with Crippen LogP contribution >= 0.6 is 11.8 Å². The van der Waals surface area contributed by atoms with E-state index in [4.69, 9.17) is 0 Å². The highest BCUT2D eigenvalue weighted by Gasteiger charge is 2.38. The highest BCUT2D eigenvalue weighted by atomic mass is 32.2. The first-order valence-electron chi connectivity index (χ1n) is 6.75. The Kier molecular flexibility index (Phi) is 4.83. The smallest absolute Gasteiger partial charge is 0.347 e. The van der Waals surface area contributed by atoms with Crippen molar-refractivity contribution in [1.82, 2.24) is 4.90 Å². The largest absolute Gasteiger partial charge is 0.416 e. The number of likely N-dealkylation sites (N-methyl/N-ethyl adjacent to an activating group) is 1. The summed E-state index contributed by atoms with van der Waals surface area (Å²) < 4.78 is 37.8. The standard InChI is InChI=1S/C14H17F3N2OS/c1-9-12(20)19(8-7-18-2)13(21-9)10-3-5-11(6-4-10)14(15,16)17/h3-6,9,13,18H,7-8H2,1-2H3/p+1/t9-,13+/m0/s1. The van der Waals surface area contributed by atoms with Gasteiger partial charge in [-0.05, 0) is 24.6 Å². The predicted octanol–water partition coefficient (Wildman–Crippen LogP) is 1.86. The highest BCUT2D eigenvalue weighted by Crippen LogP contribution is 2.43. The van der Waals surface area contributed by atoms with E-state index in [1.165, 1.54) is 23.9 Å². The van der Waals surface area contributed by atoms with Crippen molar-refractivity contribution in [3.63, 3.8) is 0 Å². The molecule has 1 aliphatic rings. The van der Waals surface area contributed by atoms with E-state index >= 15 is 0 Å². The second-order valence-corrected chi connectivity index (χ2v) is 6.40. The molecular formula is C14H18F3N2OS+. The number of nitrogens with two attached hydrogens (primary N) is 1. The van der Waals surface area contributed by atoms with Crippen LogP contribution < -0.4 is 5.32 Å². The van der Waals surface area contributed by atoms with E-state index in [1.54, 1.807) is 4.90 Å². The molecule has 1 aromatic rings. The molecule has 1 amide bonds. The maximum Gasteiger partial charge on any atom is 0.416 e. The molecule has 1 aromatic carbocycles. The maximum atomic E-state index is 12.6. The van der Waals surface area contributed by atoms with Gasteiger partial charge < -0.3 is 10.2 Å². The fourth-order valence-corrected chi connectivity index (χ4v) is 3.57. The quantitative estimate of drug-likeness (QED) is 0.920. The second-order valence-electron chi connectivity index (χ2n) is 4.98. The van der Waals surface area contributed by atoms with Gasteiger partial charge in [-0.25, -0.2) is 0 Å². The van der Waals surface area contributed by atoms with E-state index < -0.39 is 11.7 Å². The number of quaternary nitrogens is 1. The lowest BCUT2D eigenvalue weighted by Gasteiger charge is -2.23. The molecular weight excluding hydrogens is 301 g/mol. The molecule has 3 nitrogen and oxygen atoms in total. The summed E-state index contributed by atoms with van der Waals surface area (Å²) in [6, 6.07) is 5.09. The zero-order valence-electron chi connectivity index (χ0n) is 11.9. The molecule has 0 spiro atoms. The van der Waals surface area contributed by atoms with Crippen molar-refractivity contribution >= 4 is 17.7 Å². The molecule has 0 aromatic heterocycles. The van der Waals surface area contributed by atoms with Gasteiger partial charge in [0.15, 0.2) is 0 Å². The fraction of sp³-hybridized carbons (Fsp3) is 0.500. The van der Waals surface area contributed by atoms with E-state index in [0.29, 0.717) is 6.54 Å². The van der Waals surface area contributed by atoms with Gasteiger partial charge in [-0.2, -0.15) is 13.2 Å². The Morgan fingerprint density at radius 3 is 2.43 bits per heavy atom. The number of hydrogen-bond donors (Lipinski definition) is 1.